The van der Waals surface area contributed by atoms with Gasteiger partial charge in [-0.25, -0.2) is 0 Å². The fourth-order valence-electron chi connectivity index (χ4n) is 3.16. The second kappa shape index (κ2) is 11.0. The molecule has 1 amide bonds. The summed E-state index contributed by atoms with van der Waals surface area (Å²) in [4.78, 5) is 18.8. The zero-order valence-corrected chi connectivity index (χ0v) is 20.0. The number of carbonyl (C=O) groups is 1. The van der Waals surface area contributed by atoms with Gasteiger partial charge in [0, 0.05) is 12.1 Å². The SMILES string of the molecule is CC(C)(C)n1nnc([C@H](CCCN=C(N)CCl)NC(=O)c2ccc(-c3ccccc3)cc2)n1. The molecule has 33 heavy (non-hydrogen) atoms. The quantitative estimate of drug-likeness (QED) is 0.214. The first kappa shape index (κ1) is 24.4. The molecule has 0 fully saturated rings. The number of alkyl halides is 1. The fraction of sp³-hybridized carbons (Fsp3) is 0.375. The molecule has 0 aliphatic rings. The summed E-state index contributed by atoms with van der Waals surface area (Å²) in [6.07, 6.45) is 1.27. The Morgan fingerprint density at radius 2 is 1.79 bits per heavy atom. The van der Waals surface area contributed by atoms with Crippen molar-refractivity contribution in [1.82, 2.24) is 25.5 Å². The number of rotatable bonds is 9. The molecule has 0 radical (unpaired) electrons. The van der Waals surface area contributed by atoms with Crippen molar-refractivity contribution in [3.8, 4) is 11.1 Å². The predicted molar refractivity (Wildman–Crippen MR) is 131 cm³/mol. The first-order valence-electron chi connectivity index (χ1n) is 10.9. The van der Waals surface area contributed by atoms with E-state index in [1.165, 1.54) is 0 Å². The smallest absolute Gasteiger partial charge is 0.251 e. The minimum absolute atomic E-state index is 0.195. The molecule has 1 atom stereocenters. The molecule has 0 aliphatic carbocycles. The summed E-state index contributed by atoms with van der Waals surface area (Å²) in [7, 11) is 0. The lowest BCUT2D eigenvalue weighted by Gasteiger charge is -2.17. The number of amides is 1. The summed E-state index contributed by atoms with van der Waals surface area (Å²) < 4.78 is 0. The minimum Gasteiger partial charge on any atom is -0.386 e. The highest BCUT2D eigenvalue weighted by Gasteiger charge is 2.23. The summed E-state index contributed by atoms with van der Waals surface area (Å²) in [5.41, 5.74) is 8.07. The molecule has 0 saturated carbocycles. The van der Waals surface area contributed by atoms with Crippen LogP contribution in [0.1, 0.15) is 55.8 Å². The van der Waals surface area contributed by atoms with Crippen LogP contribution in [0.15, 0.2) is 59.6 Å². The highest BCUT2D eigenvalue weighted by molar-refractivity contribution is 6.27. The zero-order chi connectivity index (χ0) is 23.8. The first-order valence-corrected chi connectivity index (χ1v) is 11.4. The minimum atomic E-state index is -0.408. The lowest BCUT2D eigenvalue weighted by molar-refractivity contribution is 0.0932. The van der Waals surface area contributed by atoms with Crippen molar-refractivity contribution in [1.29, 1.82) is 0 Å². The summed E-state index contributed by atoms with van der Waals surface area (Å²) in [6.45, 7) is 6.47. The Morgan fingerprint density at radius 3 is 2.39 bits per heavy atom. The number of hydrogen-bond acceptors (Lipinski definition) is 5. The van der Waals surface area contributed by atoms with Crippen LogP contribution < -0.4 is 11.1 Å². The maximum absolute atomic E-state index is 13.0. The Balaban J connectivity index is 1.74. The van der Waals surface area contributed by atoms with Gasteiger partial charge in [0.05, 0.1) is 17.5 Å². The number of aromatic nitrogens is 4. The van der Waals surface area contributed by atoms with Gasteiger partial charge in [0.1, 0.15) is 5.84 Å². The number of benzene rings is 2. The van der Waals surface area contributed by atoms with E-state index in [4.69, 9.17) is 17.3 Å². The number of hydrogen-bond donors (Lipinski definition) is 2. The third-order valence-electron chi connectivity index (χ3n) is 5.00. The fourth-order valence-corrected chi connectivity index (χ4v) is 3.25. The highest BCUT2D eigenvalue weighted by Crippen LogP contribution is 2.21. The van der Waals surface area contributed by atoms with E-state index in [1.807, 2.05) is 75.4 Å². The van der Waals surface area contributed by atoms with Crippen LogP contribution in [0.2, 0.25) is 0 Å². The summed E-state index contributed by atoms with van der Waals surface area (Å²) >= 11 is 5.68. The highest BCUT2D eigenvalue weighted by atomic mass is 35.5. The van der Waals surface area contributed by atoms with Crippen LogP contribution in [0.3, 0.4) is 0 Å². The average molecular weight is 468 g/mol. The Hall–Kier alpha value is -3.26. The van der Waals surface area contributed by atoms with Crippen molar-refractivity contribution in [2.75, 3.05) is 12.4 Å². The van der Waals surface area contributed by atoms with Gasteiger partial charge in [-0.05, 0) is 62.1 Å². The van der Waals surface area contributed by atoms with Gasteiger partial charge in [0.25, 0.3) is 5.91 Å². The van der Waals surface area contributed by atoms with Gasteiger partial charge in [0.15, 0.2) is 5.82 Å². The van der Waals surface area contributed by atoms with Gasteiger partial charge in [-0.3, -0.25) is 9.79 Å². The summed E-state index contributed by atoms with van der Waals surface area (Å²) in [6, 6.07) is 17.1. The van der Waals surface area contributed by atoms with E-state index in [-0.39, 0.29) is 17.3 Å². The van der Waals surface area contributed by atoms with Crippen LogP contribution in [0.5, 0.6) is 0 Å². The Morgan fingerprint density at radius 1 is 1.12 bits per heavy atom. The van der Waals surface area contributed by atoms with Crippen molar-refractivity contribution >= 4 is 23.3 Å². The van der Waals surface area contributed by atoms with Crippen LogP contribution in [0.25, 0.3) is 11.1 Å². The summed E-state index contributed by atoms with van der Waals surface area (Å²) in [5, 5.41) is 15.9. The van der Waals surface area contributed by atoms with E-state index in [9.17, 15) is 4.79 Å². The number of nitrogens with one attached hydrogen (secondary N) is 1. The van der Waals surface area contributed by atoms with Gasteiger partial charge in [-0.2, -0.15) is 4.80 Å². The van der Waals surface area contributed by atoms with Crippen LogP contribution in [0, 0.1) is 0 Å². The van der Waals surface area contributed by atoms with Crippen LogP contribution >= 0.6 is 11.6 Å². The van der Waals surface area contributed by atoms with Gasteiger partial charge >= 0.3 is 0 Å². The van der Waals surface area contributed by atoms with E-state index in [0.29, 0.717) is 36.6 Å². The van der Waals surface area contributed by atoms with Crippen LogP contribution in [-0.2, 0) is 5.54 Å². The molecule has 3 aromatic rings. The van der Waals surface area contributed by atoms with Crippen molar-refractivity contribution in [2.45, 2.75) is 45.2 Å². The molecule has 9 heteroatoms. The topological polar surface area (TPSA) is 111 Å². The number of tetrazole rings is 1. The molecule has 174 valence electrons. The number of nitrogens with zero attached hydrogens (tertiary/aromatic N) is 5. The largest absolute Gasteiger partial charge is 0.386 e. The molecule has 3 N–H and O–H groups in total. The van der Waals surface area contributed by atoms with Gasteiger partial charge in [-0.15, -0.1) is 21.8 Å². The average Bonchev–Trinajstić information content (AvgIpc) is 3.32. The van der Waals surface area contributed by atoms with Crippen molar-refractivity contribution < 1.29 is 4.79 Å². The molecule has 3 rings (SSSR count). The Kier molecular flexibility index (Phi) is 8.16. The van der Waals surface area contributed by atoms with Crippen LogP contribution in [-0.4, -0.2) is 44.4 Å². The van der Waals surface area contributed by atoms with Gasteiger partial charge in [0.2, 0.25) is 0 Å². The molecule has 1 heterocycles. The van der Waals surface area contributed by atoms with Crippen molar-refractivity contribution in [3.05, 3.63) is 66.0 Å². The van der Waals surface area contributed by atoms with E-state index in [1.54, 1.807) is 4.80 Å². The number of carbonyl (C=O) groups excluding carboxylic acids is 1. The molecule has 2 aromatic carbocycles. The molecule has 0 saturated heterocycles. The molecule has 8 nitrogen and oxygen atoms in total. The molecular formula is C24H30ClN7O. The maximum atomic E-state index is 13.0. The standard InChI is InChI=1S/C24H30ClN7O/c1-24(2,3)32-30-22(29-31-32)20(10-7-15-27-21(26)16-25)28-23(33)19-13-11-18(12-14-19)17-8-5-4-6-9-17/h4-6,8-9,11-14,20H,7,10,15-16H2,1-3H3,(H2,26,27)(H,28,33)/t20-/m0/s1. The van der Waals surface area contributed by atoms with E-state index < -0.39 is 6.04 Å². The first-order chi connectivity index (χ1) is 15.8. The van der Waals surface area contributed by atoms with Gasteiger partial charge in [-0.1, -0.05) is 42.5 Å². The Labute approximate surface area is 199 Å². The van der Waals surface area contributed by atoms with Crippen molar-refractivity contribution in [2.24, 2.45) is 10.7 Å². The van der Waals surface area contributed by atoms with E-state index >= 15 is 0 Å². The third-order valence-corrected chi connectivity index (χ3v) is 5.28. The van der Waals surface area contributed by atoms with Crippen LogP contribution in [0.4, 0.5) is 0 Å². The summed E-state index contributed by atoms with van der Waals surface area (Å²) in [5.74, 6) is 0.858. The second-order valence-electron chi connectivity index (χ2n) is 8.73. The van der Waals surface area contributed by atoms with Gasteiger partial charge < -0.3 is 11.1 Å². The lowest BCUT2D eigenvalue weighted by Crippen LogP contribution is -2.30. The third kappa shape index (κ3) is 6.86. The number of aliphatic imine (C=N–C) groups is 1. The van der Waals surface area contributed by atoms with E-state index in [0.717, 1.165) is 11.1 Å². The van der Waals surface area contributed by atoms with Crippen molar-refractivity contribution in [3.63, 3.8) is 0 Å². The zero-order valence-electron chi connectivity index (χ0n) is 19.2. The molecule has 0 unspecified atom stereocenters. The molecule has 1 aromatic heterocycles. The van der Waals surface area contributed by atoms with E-state index in [2.05, 4.69) is 25.7 Å². The monoisotopic (exact) mass is 467 g/mol. The maximum Gasteiger partial charge on any atom is 0.251 e. The molecular weight excluding hydrogens is 438 g/mol. The predicted octanol–water partition coefficient (Wildman–Crippen LogP) is 3.94. The Bertz CT molecular complexity index is 1070. The molecule has 0 spiro atoms. The second-order valence-corrected chi connectivity index (χ2v) is 8.99. The number of halogens is 1. The normalized spacial score (nSPS) is 13.0. The lowest BCUT2D eigenvalue weighted by atomic mass is 10.0. The number of nitrogens with two attached hydrogens (primary N) is 1. The number of amidine groups is 1. The molecule has 0 bridgehead atoms. The molecule has 0 aliphatic heterocycles.